The van der Waals surface area contributed by atoms with E-state index in [0.29, 0.717) is 0 Å². The Morgan fingerprint density at radius 1 is 1.20 bits per heavy atom. The van der Waals surface area contributed by atoms with Gasteiger partial charge in [-0.1, -0.05) is 13.8 Å². The molecule has 0 radical (unpaired) electrons. The Morgan fingerprint density at radius 2 is 1.93 bits per heavy atom. The number of benzene rings is 1. The summed E-state index contributed by atoms with van der Waals surface area (Å²) in [4.78, 5) is 0. The van der Waals surface area contributed by atoms with Crippen molar-refractivity contribution in [1.29, 1.82) is 0 Å². The van der Waals surface area contributed by atoms with Crippen LogP contribution in [0, 0.1) is 19.3 Å². The van der Waals surface area contributed by atoms with Gasteiger partial charge in [0.2, 0.25) is 0 Å². The van der Waals surface area contributed by atoms with Gasteiger partial charge in [-0.2, -0.15) is 10.2 Å². The number of fused-ring (bicyclic) bond motifs is 1. The molecule has 2 heterocycles. The molecule has 6 heteroatoms. The molecule has 1 aromatic carbocycles. The molecule has 6 nitrogen and oxygen atoms in total. The average molecular weight is 408 g/mol. The fraction of sp³-hybridized carbons (Fsp3) is 0.500. The number of rotatable bonds is 6. The second-order valence-electron chi connectivity index (χ2n) is 9.10. The zero-order valence-electron chi connectivity index (χ0n) is 19.0. The smallest absolute Gasteiger partial charge is 0.119 e. The fourth-order valence-corrected chi connectivity index (χ4v) is 4.69. The van der Waals surface area contributed by atoms with Crippen LogP contribution in [0.2, 0.25) is 0 Å². The molecule has 0 amide bonds. The minimum Gasteiger partial charge on any atom is -0.497 e. The molecule has 1 atom stereocenters. The van der Waals surface area contributed by atoms with Crippen molar-refractivity contribution >= 4 is 0 Å². The molecule has 0 bridgehead atoms. The van der Waals surface area contributed by atoms with Crippen LogP contribution in [0.1, 0.15) is 61.4 Å². The van der Waals surface area contributed by atoms with Crippen LogP contribution in [0.25, 0.3) is 5.69 Å². The summed E-state index contributed by atoms with van der Waals surface area (Å²) < 4.78 is 9.49. The van der Waals surface area contributed by atoms with Gasteiger partial charge in [0.15, 0.2) is 0 Å². The maximum absolute atomic E-state index is 5.31. The van der Waals surface area contributed by atoms with E-state index in [-0.39, 0.29) is 11.5 Å². The third kappa shape index (κ3) is 3.76. The molecule has 2 aromatic heterocycles. The molecule has 0 saturated heterocycles. The standard InChI is InChI=1S/C24H33N5O/c1-7-28-17(3)20(16(2)27-28)14-25-22-12-24(4,5)13-23-21(22)15-26-29(23)18-8-10-19(30-6)11-9-18/h8-11,15,22,25H,7,12-14H2,1-6H3/t22-/m0/s1. The molecule has 1 N–H and O–H groups in total. The predicted octanol–water partition coefficient (Wildman–Crippen LogP) is 4.52. The average Bonchev–Trinajstić information content (AvgIpc) is 3.25. The molecular formula is C24H33N5O. The van der Waals surface area contributed by atoms with Gasteiger partial charge in [0.1, 0.15) is 5.75 Å². The number of hydrogen-bond donors (Lipinski definition) is 1. The van der Waals surface area contributed by atoms with Gasteiger partial charge in [-0.3, -0.25) is 4.68 Å². The first-order valence-corrected chi connectivity index (χ1v) is 10.8. The van der Waals surface area contributed by atoms with Gasteiger partial charge in [0.05, 0.1) is 24.7 Å². The van der Waals surface area contributed by atoms with Crippen molar-refractivity contribution in [3.63, 3.8) is 0 Å². The van der Waals surface area contributed by atoms with E-state index in [2.05, 4.69) is 66.5 Å². The zero-order valence-corrected chi connectivity index (χ0v) is 19.0. The normalized spacial score (nSPS) is 17.7. The van der Waals surface area contributed by atoms with Gasteiger partial charge < -0.3 is 10.1 Å². The number of nitrogens with one attached hydrogen (secondary N) is 1. The van der Waals surface area contributed by atoms with Crippen molar-refractivity contribution in [1.82, 2.24) is 24.9 Å². The van der Waals surface area contributed by atoms with E-state index in [1.54, 1.807) is 7.11 Å². The SMILES string of the molecule is CCn1nc(C)c(CN[C@H]2CC(C)(C)Cc3c2cnn3-c2ccc(OC)cc2)c1C. The van der Waals surface area contributed by atoms with E-state index in [4.69, 9.17) is 9.84 Å². The van der Waals surface area contributed by atoms with Crippen LogP contribution in [0.15, 0.2) is 30.5 Å². The van der Waals surface area contributed by atoms with Gasteiger partial charge in [0, 0.05) is 41.6 Å². The molecule has 3 aromatic rings. The molecule has 1 aliphatic rings. The quantitative estimate of drug-likeness (QED) is 0.653. The highest BCUT2D eigenvalue weighted by molar-refractivity contribution is 5.41. The van der Waals surface area contributed by atoms with Crippen molar-refractivity contribution in [2.45, 2.75) is 66.6 Å². The van der Waals surface area contributed by atoms with E-state index in [0.717, 1.165) is 43.1 Å². The molecule has 1 aliphatic carbocycles. The van der Waals surface area contributed by atoms with E-state index in [1.165, 1.54) is 22.5 Å². The summed E-state index contributed by atoms with van der Waals surface area (Å²) >= 11 is 0. The van der Waals surface area contributed by atoms with Gasteiger partial charge in [-0.15, -0.1) is 0 Å². The zero-order chi connectivity index (χ0) is 21.5. The first-order valence-electron chi connectivity index (χ1n) is 10.8. The number of aryl methyl sites for hydroxylation is 2. The molecule has 4 rings (SSSR count). The Kier molecular flexibility index (Phi) is 5.45. The maximum atomic E-state index is 5.31. The fourth-order valence-electron chi connectivity index (χ4n) is 4.69. The summed E-state index contributed by atoms with van der Waals surface area (Å²) in [5, 5.41) is 13.3. The van der Waals surface area contributed by atoms with Crippen LogP contribution >= 0.6 is 0 Å². The molecule has 0 saturated carbocycles. The highest BCUT2D eigenvalue weighted by atomic mass is 16.5. The highest BCUT2D eigenvalue weighted by Gasteiger charge is 2.35. The predicted molar refractivity (Wildman–Crippen MR) is 119 cm³/mol. The Bertz CT molecular complexity index is 1030. The van der Waals surface area contributed by atoms with Crippen molar-refractivity contribution in [3.8, 4) is 11.4 Å². The van der Waals surface area contributed by atoms with Crippen molar-refractivity contribution < 1.29 is 4.74 Å². The minimum atomic E-state index is 0.201. The lowest BCUT2D eigenvalue weighted by Crippen LogP contribution is -2.33. The molecular weight excluding hydrogens is 374 g/mol. The number of nitrogens with zero attached hydrogens (tertiary/aromatic N) is 4. The van der Waals surface area contributed by atoms with Crippen LogP contribution in [-0.4, -0.2) is 26.7 Å². The maximum Gasteiger partial charge on any atom is 0.119 e. The van der Waals surface area contributed by atoms with E-state index < -0.39 is 0 Å². The molecule has 160 valence electrons. The van der Waals surface area contributed by atoms with Crippen LogP contribution in [0.4, 0.5) is 0 Å². The van der Waals surface area contributed by atoms with Gasteiger partial charge in [-0.25, -0.2) is 4.68 Å². The number of ether oxygens (including phenoxy) is 1. The van der Waals surface area contributed by atoms with Crippen molar-refractivity contribution in [3.05, 3.63) is 58.7 Å². The van der Waals surface area contributed by atoms with Crippen LogP contribution in [0.5, 0.6) is 5.75 Å². The lowest BCUT2D eigenvalue weighted by Gasteiger charge is -2.36. The van der Waals surface area contributed by atoms with Crippen molar-refractivity contribution in [2.75, 3.05) is 7.11 Å². The summed E-state index contributed by atoms with van der Waals surface area (Å²) in [6.45, 7) is 12.8. The van der Waals surface area contributed by atoms with Crippen LogP contribution in [0.3, 0.4) is 0 Å². The monoisotopic (exact) mass is 407 g/mol. The van der Waals surface area contributed by atoms with E-state index in [1.807, 2.05) is 18.3 Å². The summed E-state index contributed by atoms with van der Waals surface area (Å²) in [5.41, 5.74) is 7.56. The second kappa shape index (κ2) is 7.91. The third-order valence-electron chi connectivity index (χ3n) is 6.35. The summed E-state index contributed by atoms with van der Waals surface area (Å²) in [6.07, 6.45) is 4.15. The molecule has 0 spiro atoms. The summed E-state index contributed by atoms with van der Waals surface area (Å²) in [7, 11) is 1.69. The largest absolute Gasteiger partial charge is 0.497 e. The third-order valence-corrected chi connectivity index (χ3v) is 6.35. The second-order valence-corrected chi connectivity index (χ2v) is 9.10. The van der Waals surface area contributed by atoms with Crippen LogP contribution < -0.4 is 10.1 Å². The topological polar surface area (TPSA) is 56.9 Å². The Balaban J connectivity index is 1.62. The first kappa shape index (κ1) is 20.7. The van der Waals surface area contributed by atoms with Crippen molar-refractivity contribution in [2.24, 2.45) is 5.41 Å². The molecule has 0 fully saturated rings. The van der Waals surface area contributed by atoms with E-state index in [9.17, 15) is 0 Å². The summed E-state index contributed by atoms with van der Waals surface area (Å²) in [5.74, 6) is 0.859. The molecule has 0 aliphatic heterocycles. The number of aromatic nitrogens is 4. The van der Waals surface area contributed by atoms with Crippen LogP contribution in [-0.2, 0) is 19.5 Å². The Labute approximate surface area is 179 Å². The van der Waals surface area contributed by atoms with E-state index >= 15 is 0 Å². The Hall–Kier alpha value is -2.60. The summed E-state index contributed by atoms with van der Waals surface area (Å²) in [6, 6.07) is 8.40. The lowest BCUT2D eigenvalue weighted by atomic mass is 9.74. The first-order chi connectivity index (χ1) is 14.3. The van der Waals surface area contributed by atoms with Gasteiger partial charge in [0.25, 0.3) is 0 Å². The molecule has 30 heavy (non-hydrogen) atoms. The highest BCUT2D eigenvalue weighted by Crippen LogP contribution is 2.41. The van der Waals surface area contributed by atoms with Gasteiger partial charge >= 0.3 is 0 Å². The number of methoxy groups -OCH3 is 1. The number of hydrogen-bond acceptors (Lipinski definition) is 4. The Morgan fingerprint density at radius 3 is 2.57 bits per heavy atom. The lowest BCUT2D eigenvalue weighted by molar-refractivity contribution is 0.252. The minimum absolute atomic E-state index is 0.201. The van der Waals surface area contributed by atoms with Gasteiger partial charge in [-0.05, 0) is 63.3 Å². The molecule has 0 unspecified atom stereocenters.